The highest BCUT2D eigenvalue weighted by Gasteiger charge is 2.37. The molecule has 2 atom stereocenters. The standard InChI is InChI=1S/C24H26N8O4/c1-31-10-16(6-27-31)28-23-21(22(25)34)29-19(7-26-23)15-8-32(9-15)24-30-18-3-2-17(5-20(18)36-24)35-12-14-4-13(14)11-33/h2-3,5-7,10,13-15,33H,4,8-9,11-12H2,1H3,(H2,25,34)(H,26,28)/t13-,14+/m0/s1. The Kier molecular flexibility index (Phi) is 5.44. The van der Waals surface area contributed by atoms with Crippen LogP contribution in [-0.2, 0) is 7.05 Å². The molecular formula is C24H26N8O4. The topological polar surface area (TPSA) is 157 Å². The second kappa shape index (κ2) is 8.79. The van der Waals surface area contributed by atoms with E-state index in [0.29, 0.717) is 60.3 Å². The second-order valence-corrected chi connectivity index (χ2v) is 9.36. The molecule has 1 amide bonds. The zero-order chi connectivity index (χ0) is 24.8. The number of oxazole rings is 1. The number of primary amides is 1. The maximum absolute atomic E-state index is 12.0. The van der Waals surface area contributed by atoms with Crippen LogP contribution in [0.25, 0.3) is 11.1 Å². The van der Waals surface area contributed by atoms with Gasteiger partial charge in [0.25, 0.3) is 11.9 Å². The third kappa shape index (κ3) is 4.31. The number of carbonyl (C=O) groups is 1. The Morgan fingerprint density at radius 1 is 1.28 bits per heavy atom. The molecule has 1 aliphatic carbocycles. The molecule has 12 heteroatoms. The molecule has 0 unspecified atom stereocenters. The maximum atomic E-state index is 12.0. The SMILES string of the molecule is Cn1cc(Nc2ncc(C3CN(c4nc5ccc(OC[C@H]6C[C@H]6CO)cc5o4)C3)nc2C(N)=O)cn1. The summed E-state index contributed by atoms with van der Waals surface area (Å²) in [6.07, 6.45) is 6.05. The molecule has 0 radical (unpaired) electrons. The van der Waals surface area contributed by atoms with Crippen molar-refractivity contribution in [2.24, 2.45) is 24.6 Å². The van der Waals surface area contributed by atoms with E-state index >= 15 is 0 Å². The van der Waals surface area contributed by atoms with Gasteiger partial charge in [0.05, 0.1) is 30.4 Å². The third-order valence-electron chi connectivity index (χ3n) is 6.68. The number of hydrogen-bond donors (Lipinski definition) is 3. The fourth-order valence-electron chi connectivity index (χ4n) is 4.37. The molecule has 36 heavy (non-hydrogen) atoms. The summed E-state index contributed by atoms with van der Waals surface area (Å²) in [7, 11) is 1.80. The summed E-state index contributed by atoms with van der Waals surface area (Å²) in [6, 6.07) is 6.13. The molecule has 4 N–H and O–H groups in total. The molecule has 6 rings (SSSR count). The lowest BCUT2D eigenvalue weighted by Crippen LogP contribution is -2.45. The molecule has 4 heterocycles. The number of nitrogens with one attached hydrogen (secondary N) is 1. The quantitative estimate of drug-likeness (QED) is 0.316. The predicted octanol–water partition coefficient (Wildman–Crippen LogP) is 1.80. The number of aromatic nitrogens is 5. The summed E-state index contributed by atoms with van der Waals surface area (Å²) in [6.45, 7) is 2.07. The van der Waals surface area contributed by atoms with E-state index in [0.717, 1.165) is 17.7 Å². The lowest BCUT2D eigenvalue weighted by atomic mass is 9.97. The number of amides is 1. The average Bonchev–Trinajstić information content (AvgIpc) is 3.29. The average molecular weight is 491 g/mol. The maximum Gasteiger partial charge on any atom is 0.298 e. The van der Waals surface area contributed by atoms with Crippen molar-refractivity contribution in [2.75, 3.05) is 36.5 Å². The first-order valence-electron chi connectivity index (χ1n) is 11.8. The van der Waals surface area contributed by atoms with Crippen molar-refractivity contribution in [2.45, 2.75) is 12.3 Å². The van der Waals surface area contributed by atoms with E-state index in [1.54, 1.807) is 30.3 Å². The number of hydrogen-bond acceptors (Lipinski definition) is 10. The number of fused-ring (bicyclic) bond motifs is 1. The number of nitrogens with two attached hydrogens (primary N) is 1. The lowest BCUT2D eigenvalue weighted by molar-refractivity contribution is 0.0995. The Morgan fingerprint density at radius 3 is 2.86 bits per heavy atom. The molecule has 0 bridgehead atoms. The van der Waals surface area contributed by atoms with Crippen molar-refractivity contribution >= 4 is 34.5 Å². The normalized spacial score (nSPS) is 19.3. The summed E-state index contributed by atoms with van der Waals surface area (Å²) < 4.78 is 13.5. The summed E-state index contributed by atoms with van der Waals surface area (Å²) >= 11 is 0. The highest BCUT2D eigenvalue weighted by Crippen LogP contribution is 2.38. The third-order valence-corrected chi connectivity index (χ3v) is 6.68. The zero-order valence-corrected chi connectivity index (χ0v) is 19.7. The van der Waals surface area contributed by atoms with Gasteiger partial charge in [-0.25, -0.2) is 9.97 Å². The molecule has 12 nitrogen and oxygen atoms in total. The van der Waals surface area contributed by atoms with Crippen molar-refractivity contribution < 1.29 is 19.1 Å². The van der Waals surface area contributed by atoms with E-state index in [9.17, 15) is 9.90 Å². The number of aliphatic hydroxyl groups is 1. The van der Waals surface area contributed by atoms with Gasteiger partial charge in [-0.05, 0) is 30.4 Å². The van der Waals surface area contributed by atoms with Gasteiger partial charge in [0.2, 0.25) is 0 Å². The Morgan fingerprint density at radius 2 is 2.14 bits per heavy atom. The number of aryl methyl sites for hydroxylation is 1. The van der Waals surface area contributed by atoms with Crippen LogP contribution in [0.3, 0.4) is 0 Å². The van der Waals surface area contributed by atoms with Gasteiger partial charge in [-0.1, -0.05) is 0 Å². The van der Waals surface area contributed by atoms with Gasteiger partial charge in [-0.3, -0.25) is 9.48 Å². The summed E-state index contributed by atoms with van der Waals surface area (Å²) in [5.74, 6) is 1.22. The molecule has 186 valence electrons. The van der Waals surface area contributed by atoms with Gasteiger partial charge >= 0.3 is 0 Å². The number of carbonyl (C=O) groups excluding carboxylic acids is 1. The van der Waals surface area contributed by atoms with Gasteiger partial charge in [0.1, 0.15) is 11.3 Å². The molecule has 4 aromatic rings. The summed E-state index contributed by atoms with van der Waals surface area (Å²) in [5, 5.41) is 16.3. The van der Waals surface area contributed by atoms with E-state index in [4.69, 9.17) is 14.9 Å². The monoisotopic (exact) mass is 490 g/mol. The van der Waals surface area contributed by atoms with Gasteiger partial charge in [-0.2, -0.15) is 10.1 Å². The molecule has 0 spiro atoms. The number of benzene rings is 1. The Balaban J connectivity index is 1.11. The van der Waals surface area contributed by atoms with Crippen LogP contribution in [0, 0.1) is 11.8 Å². The van der Waals surface area contributed by atoms with Crippen LogP contribution >= 0.6 is 0 Å². The van der Waals surface area contributed by atoms with Crippen LogP contribution in [0.1, 0.15) is 28.5 Å². The number of rotatable bonds is 9. The van der Waals surface area contributed by atoms with Crippen LogP contribution in [0.4, 0.5) is 17.5 Å². The van der Waals surface area contributed by atoms with Crippen molar-refractivity contribution in [1.29, 1.82) is 0 Å². The largest absolute Gasteiger partial charge is 0.493 e. The van der Waals surface area contributed by atoms with E-state index in [2.05, 4.69) is 25.4 Å². The predicted molar refractivity (Wildman–Crippen MR) is 130 cm³/mol. The highest BCUT2D eigenvalue weighted by molar-refractivity contribution is 5.96. The van der Waals surface area contributed by atoms with Crippen LogP contribution in [0.2, 0.25) is 0 Å². The van der Waals surface area contributed by atoms with Crippen molar-refractivity contribution in [3.8, 4) is 5.75 Å². The van der Waals surface area contributed by atoms with Gasteiger partial charge < -0.3 is 30.2 Å². The van der Waals surface area contributed by atoms with Gasteiger partial charge in [-0.15, -0.1) is 0 Å². The van der Waals surface area contributed by atoms with Crippen LogP contribution in [0.15, 0.2) is 41.2 Å². The van der Waals surface area contributed by atoms with Crippen molar-refractivity contribution in [3.63, 3.8) is 0 Å². The van der Waals surface area contributed by atoms with Gasteiger partial charge in [0, 0.05) is 44.9 Å². The molecule has 1 aliphatic heterocycles. The minimum Gasteiger partial charge on any atom is -0.493 e. The first-order valence-corrected chi connectivity index (χ1v) is 11.8. The number of anilines is 3. The second-order valence-electron chi connectivity index (χ2n) is 9.36. The molecule has 1 saturated heterocycles. The van der Waals surface area contributed by atoms with Crippen LogP contribution in [0.5, 0.6) is 5.75 Å². The first-order chi connectivity index (χ1) is 17.5. The molecule has 3 aromatic heterocycles. The zero-order valence-electron chi connectivity index (χ0n) is 19.7. The first kappa shape index (κ1) is 22.3. The fourth-order valence-corrected chi connectivity index (χ4v) is 4.37. The van der Waals surface area contributed by atoms with Gasteiger partial charge in [0.15, 0.2) is 17.1 Å². The summed E-state index contributed by atoms with van der Waals surface area (Å²) in [5.41, 5.74) is 8.43. The smallest absolute Gasteiger partial charge is 0.298 e. The molecule has 1 saturated carbocycles. The lowest BCUT2D eigenvalue weighted by Gasteiger charge is -2.37. The van der Waals surface area contributed by atoms with E-state index in [1.165, 1.54) is 0 Å². The molecule has 2 aliphatic rings. The highest BCUT2D eigenvalue weighted by atomic mass is 16.5. The van der Waals surface area contributed by atoms with E-state index < -0.39 is 5.91 Å². The molecular weight excluding hydrogens is 464 g/mol. The minimum absolute atomic E-state index is 0.0648. The fraction of sp³-hybridized carbons (Fsp3) is 0.375. The van der Waals surface area contributed by atoms with E-state index in [-0.39, 0.29) is 18.2 Å². The Hall–Kier alpha value is -4.19. The molecule has 2 fully saturated rings. The Labute approximate surface area is 206 Å². The van der Waals surface area contributed by atoms with Crippen LogP contribution < -0.4 is 20.7 Å². The Bertz CT molecular complexity index is 1430. The van der Waals surface area contributed by atoms with Crippen molar-refractivity contribution in [3.05, 3.63) is 48.2 Å². The number of ether oxygens (including phenoxy) is 1. The number of aliphatic hydroxyl groups excluding tert-OH is 1. The summed E-state index contributed by atoms with van der Waals surface area (Å²) in [4.78, 5) is 27.5. The van der Waals surface area contributed by atoms with Crippen molar-refractivity contribution in [1.82, 2.24) is 24.7 Å². The van der Waals surface area contributed by atoms with Crippen LogP contribution in [-0.4, -0.2) is 62.0 Å². The minimum atomic E-state index is -0.655. The number of nitrogens with zero attached hydrogens (tertiary/aromatic N) is 6. The van der Waals surface area contributed by atoms with E-state index in [1.807, 2.05) is 23.1 Å². The molecule has 1 aromatic carbocycles.